The third-order valence-corrected chi connectivity index (χ3v) is 3.93. The van der Waals surface area contributed by atoms with E-state index in [0.29, 0.717) is 30.3 Å². The molecule has 1 saturated carbocycles. The third-order valence-electron chi connectivity index (χ3n) is 3.93. The Morgan fingerprint density at radius 1 is 1.48 bits per heavy atom. The highest BCUT2D eigenvalue weighted by Gasteiger charge is 2.26. The number of hydrogen-bond donors (Lipinski definition) is 1. The van der Waals surface area contributed by atoms with Gasteiger partial charge < -0.3 is 10.2 Å². The zero-order valence-electron chi connectivity index (χ0n) is 12.5. The van der Waals surface area contributed by atoms with Gasteiger partial charge in [-0.2, -0.15) is 0 Å². The lowest BCUT2D eigenvalue weighted by atomic mass is 9.85. The zero-order valence-corrected chi connectivity index (χ0v) is 12.5. The van der Waals surface area contributed by atoms with Crippen LogP contribution >= 0.6 is 0 Å². The number of carbonyl (C=O) groups excluding carboxylic acids is 1. The van der Waals surface area contributed by atoms with E-state index >= 15 is 0 Å². The van der Waals surface area contributed by atoms with Crippen molar-refractivity contribution in [2.24, 2.45) is 5.92 Å². The molecule has 6 nitrogen and oxygen atoms in total. The molecule has 1 aromatic rings. The summed E-state index contributed by atoms with van der Waals surface area (Å²) in [5, 5.41) is 14.1. The number of rotatable bonds is 6. The number of para-hydroxylation sites is 1. The molecule has 0 bridgehead atoms. The quantitative estimate of drug-likeness (QED) is 0.646. The van der Waals surface area contributed by atoms with Crippen molar-refractivity contribution in [3.63, 3.8) is 0 Å². The van der Waals surface area contributed by atoms with E-state index in [1.807, 2.05) is 6.92 Å². The van der Waals surface area contributed by atoms with Crippen LogP contribution in [-0.4, -0.2) is 35.9 Å². The molecule has 1 amide bonds. The topological polar surface area (TPSA) is 75.5 Å². The Labute approximate surface area is 124 Å². The Morgan fingerprint density at radius 3 is 2.71 bits per heavy atom. The molecular formula is C15H21N3O3. The van der Waals surface area contributed by atoms with Gasteiger partial charge in [0.2, 0.25) is 0 Å². The van der Waals surface area contributed by atoms with Crippen LogP contribution in [0.5, 0.6) is 0 Å². The van der Waals surface area contributed by atoms with Crippen LogP contribution in [-0.2, 0) is 0 Å². The molecule has 1 aliphatic carbocycles. The van der Waals surface area contributed by atoms with Crippen molar-refractivity contribution in [3.05, 3.63) is 33.9 Å². The van der Waals surface area contributed by atoms with Crippen LogP contribution in [0.2, 0.25) is 0 Å². The van der Waals surface area contributed by atoms with Crippen LogP contribution in [0, 0.1) is 16.0 Å². The van der Waals surface area contributed by atoms with Gasteiger partial charge in [0, 0.05) is 26.2 Å². The molecular weight excluding hydrogens is 270 g/mol. The zero-order chi connectivity index (χ0) is 15.4. The maximum absolute atomic E-state index is 12.6. The largest absolute Gasteiger partial charge is 0.379 e. The molecule has 0 radical (unpaired) electrons. The molecule has 2 rings (SSSR count). The minimum atomic E-state index is -0.458. The number of nitro groups is 1. The molecule has 114 valence electrons. The normalized spacial score (nSPS) is 14.4. The number of nitrogens with one attached hydrogen (secondary N) is 1. The summed E-state index contributed by atoms with van der Waals surface area (Å²) in [4.78, 5) is 24.9. The summed E-state index contributed by atoms with van der Waals surface area (Å²) < 4.78 is 0. The number of nitrogens with zero attached hydrogens (tertiary/aromatic N) is 2. The number of hydrogen-bond acceptors (Lipinski definition) is 4. The standard InChI is InChI=1S/C15H21N3O3/c1-3-16-14-12(8-5-9-13(14)18(20)21)15(19)17(2)10-11-6-4-7-11/h5,8-9,11,16H,3-4,6-7,10H2,1-2H3. The summed E-state index contributed by atoms with van der Waals surface area (Å²) in [6, 6.07) is 4.62. The van der Waals surface area contributed by atoms with Crippen molar-refractivity contribution in [2.45, 2.75) is 26.2 Å². The van der Waals surface area contributed by atoms with Crippen LogP contribution < -0.4 is 5.32 Å². The van der Waals surface area contributed by atoms with E-state index in [4.69, 9.17) is 0 Å². The van der Waals surface area contributed by atoms with Gasteiger partial charge in [-0.25, -0.2) is 0 Å². The second-order valence-corrected chi connectivity index (χ2v) is 5.47. The molecule has 1 N–H and O–H groups in total. The third kappa shape index (κ3) is 3.32. The predicted molar refractivity (Wildman–Crippen MR) is 81.6 cm³/mol. The Kier molecular flexibility index (Phi) is 4.77. The molecule has 1 fully saturated rings. The van der Waals surface area contributed by atoms with Gasteiger partial charge in [-0.3, -0.25) is 14.9 Å². The van der Waals surface area contributed by atoms with Gasteiger partial charge in [0.1, 0.15) is 5.69 Å². The smallest absolute Gasteiger partial charge is 0.293 e. The van der Waals surface area contributed by atoms with E-state index in [0.717, 1.165) is 12.8 Å². The van der Waals surface area contributed by atoms with Gasteiger partial charge >= 0.3 is 0 Å². The van der Waals surface area contributed by atoms with E-state index < -0.39 is 4.92 Å². The first-order chi connectivity index (χ1) is 10.0. The van der Waals surface area contributed by atoms with Gasteiger partial charge in [0.05, 0.1) is 10.5 Å². The SMILES string of the molecule is CCNc1c(C(=O)N(C)CC2CCC2)cccc1[N+](=O)[O-]. The molecule has 0 spiro atoms. The fourth-order valence-electron chi connectivity index (χ4n) is 2.58. The van der Waals surface area contributed by atoms with Crippen LogP contribution in [0.3, 0.4) is 0 Å². The van der Waals surface area contributed by atoms with Gasteiger partial charge in [0.25, 0.3) is 11.6 Å². The Bertz CT molecular complexity index is 541. The van der Waals surface area contributed by atoms with Gasteiger partial charge in [-0.05, 0) is 31.7 Å². The van der Waals surface area contributed by atoms with E-state index in [2.05, 4.69) is 5.32 Å². The number of nitro benzene ring substituents is 1. The van der Waals surface area contributed by atoms with Crippen LogP contribution in [0.25, 0.3) is 0 Å². The molecule has 0 aliphatic heterocycles. The van der Waals surface area contributed by atoms with Crippen molar-refractivity contribution >= 4 is 17.3 Å². The van der Waals surface area contributed by atoms with E-state index in [9.17, 15) is 14.9 Å². The van der Waals surface area contributed by atoms with Gasteiger partial charge in [-0.15, -0.1) is 0 Å². The maximum Gasteiger partial charge on any atom is 0.293 e. The number of anilines is 1. The first kappa shape index (κ1) is 15.3. The lowest BCUT2D eigenvalue weighted by Gasteiger charge is -2.30. The second kappa shape index (κ2) is 6.56. The second-order valence-electron chi connectivity index (χ2n) is 5.47. The summed E-state index contributed by atoms with van der Waals surface area (Å²) in [6.07, 6.45) is 3.55. The summed E-state index contributed by atoms with van der Waals surface area (Å²) in [7, 11) is 1.76. The molecule has 0 heterocycles. The molecule has 1 aliphatic rings. The minimum Gasteiger partial charge on any atom is -0.379 e. The highest BCUT2D eigenvalue weighted by molar-refractivity contribution is 6.01. The Balaban J connectivity index is 2.26. The Hall–Kier alpha value is -2.11. The van der Waals surface area contributed by atoms with Crippen LogP contribution in [0.4, 0.5) is 11.4 Å². The lowest BCUT2D eigenvalue weighted by molar-refractivity contribution is -0.384. The average Bonchev–Trinajstić information content (AvgIpc) is 2.42. The van der Waals surface area contributed by atoms with Gasteiger partial charge in [0.15, 0.2) is 0 Å². The predicted octanol–water partition coefficient (Wildman–Crippen LogP) is 2.90. The number of benzene rings is 1. The van der Waals surface area contributed by atoms with E-state index in [1.165, 1.54) is 12.5 Å². The first-order valence-corrected chi connectivity index (χ1v) is 7.31. The fraction of sp³-hybridized carbons (Fsp3) is 0.533. The van der Waals surface area contributed by atoms with Crippen molar-refractivity contribution in [1.82, 2.24) is 4.90 Å². The van der Waals surface area contributed by atoms with Crippen molar-refractivity contribution in [2.75, 3.05) is 25.5 Å². The summed E-state index contributed by atoms with van der Waals surface area (Å²) in [6.45, 7) is 3.09. The maximum atomic E-state index is 12.6. The molecule has 1 aromatic carbocycles. The molecule has 6 heteroatoms. The highest BCUT2D eigenvalue weighted by Crippen LogP contribution is 2.31. The summed E-state index contributed by atoms with van der Waals surface area (Å²) in [5.41, 5.74) is 0.628. The lowest BCUT2D eigenvalue weighted by Crippen LogP contribution is -2.34. The minimum absolute atomic E-state index is 0.0558. The van der Waals surface area contributed by atoms with Crippen molar-refractivity contribution in [1.29, 1.82) is 0 Å². The van der Waals surface area contributed by atoms with Crippen molar-refractivity contribution in [3.8, 4) is 0 Å². The monoisotopic (exact) mass is 291 g/mol. The molecule has 0 unspecified atom stereocenters. The highest BCUT2D eigenvalue weighted by atomic mass is 16.6. The van der Waals surface area contributed by atoms with Crippen LogP contribution in [0.15, 0.2) is 18.2 Å². The first-order valence-electron chi connectivity index (χ1n) is 7.31. The number of carbonyl (C=O) groups is 1. The van der Waals surface area contributed by atoms with E-state index in [1.54, 1.807) is 24.1 Å². The molecule has 0 atom stereocenters. The molecule has 0 saturated heterocycles. The summed E-state index contributed by atoms with van der Waals surface area (Å²) >= 11 is 0. The molecule has 21 heavy (non-hydrogen) atoms. The molecule has 0 aromatic heterocycles. The summed E-state index contributed by atoms with van der Waals surface area (Å²) in [5.74, 6) is 0.404. The van der Waals surface area contributed by atoms with Crippen molar-refractivity contribution < 1.29 is 9.72 Å². The van der Waals surface area contributed by atoms with E-state index in [-0.39, 0.29) is 11.6 Å². The number of amides is 1. The fourth-order valence-corrected chi connectivity index (χ4v) is 2.58. The Morgan fingerprint density at radius 2 is 2.19 bits per heavy atom. The average molecular weight is 291 g/mol. The van der Waals surface area contributed by atoms with Crippen LogP contribution in [0.1, 0.15) is 36.5 Å². The van der Waals surface area contributed by atoms with Gasteiger partial charge in [-0.1, -0.05) is 12.5 Å².